The SMILES string of the molecule is Cc1cccc(CC(NN)C2(C)CCCC2)c1. The largest absolute Gasteiger partial charge is 0.271 e. The summed E-state index contributed by atoms with van der Waals surface area (Å²) in [7, 11) is 0. The second-order valence-corrected chi connectivity index (χ2v) is 5.77. The summed E-state index contributed by atoms with van der Waals surface area (Å²) in [5.41, 5.74) is 6.14. The van der Waals surface area contributed by atoms with E-state index in [-0.39, 0.29) is 0 Å². The number of hydrazine groups is 1. The zero-order valence-corrected chi connectivity index (χ0v) is 11.0. The third-order valence-corrected chi connectivity index (χ3v) is 4.31. The fourth-order valence-corrected chi connectivity index (χ4v) is 3.11. The van der Waals surface area contributed by atoms with E-state index >= 15 is 0 Å². The van der Waals surface area contributed by atoms with Crippen LogP contribution < -0.4 is 11.3 Å². The molecule has 1 aliphatic rings. The molecule has 0 radical (unpaired) electrons. The summed E-state index contributed by atoms with van der Waals surface area (Å²) < 4.78 is 0. The lowest BCUT2D eigenvalue weighted by atomic mass is 9.78. The van der Waals surface area contributed by atoms with E-state index in [2.05, 4.69) is 43.5 Å². The molecule has 0 heterocycles. The van der Waals surface area contributed by atoms with Crippen molar-refractivity contribution in [2.75, 3.05) is 0 Å². The van der Waals surface area contributed by atoms with Gasteiger partial charge in [0.15, 0.2) is 0 Å². The number of hydrogen-bond donors (Lipinski definition) is 2. The first-order valence-electron chi connectivity index (χ1n) is 6.66. The van der Waals surface area contributed by atoms with Gasteiger partial charge in [0.1, 0.15) is 0 Å². The van der Waals surface area contributed by atoms with Crippen molar-refractivity contribution in [3.05, 3.63) is 35.4 Å². The highest BCUT2D eigenvalue weighted by Crippen LogP contribution is 2.41. The van der Waals surface area contributed by atoms with Crippen molar-refractivity contribution in [2.24, 2.45) is 11.3 Å². The van der Waals surface area contributed by atoms with E-state index < -0.39 is 0 Å². The van der Waals surface area contributed by atoms with Crippen LogP contribution in [0.3, 0.4) is 0 Å². The Morgan fingerprint density at radius 2 is 2.06 bits per heavy atom. The summed E-state index contributed by atoms with van der Waals surface area (Å²) in [6.07, 6.45) is 6.33. The third kappa shape index (κ3) is 2.88. The summed E-state index contributed by atoms with van der Waals surface area (Å²) in [6.45, 7) is 4.52. The zero-order valence-electron chi connectivity index (χ0n) is 11.0. The monoisotopic (exact) mass is 232 g/mol. The topological polar surface area (TPSA) is 38.0 Å². The van der Waals surface area contributed by atoms with Crippen LogP contribution in [-0.4, -0.2) is 6.04 Å². The van der Waals surface area contributed by atoms with Crippen LogP contribution >= 0.6 is 0 Å². The Morgan fingerprint density at radius 1 is 1.35 bits per heavy atom. The van der Waals surface area contributed by atoms with Gasteiger partial charge in [0.05, 0.1) is 0 Å². The molecule has 0 aliphatic heterocycles. The van der Waals surface area contributed by atoms with E-state index in [1.54, 1.807) is 0 Å². The van der Waals surface area contributed by atoms with Crippen LogP contribution in [-0.2, 0) is 6.42 Å². The van der Waals surface area contributed by atoms with E-state index in [1.807, 2.05) is 0 Å². The number of nitrogens with two attached hydrogens (primary N) is 1. The van der Waals surface area contributed by atoms with E-state index in [1.165, 1.54) is 36.8 Å². The van der Waals surface area contributed by atoms with E-state index in [9.17, 15) is 0 Å². The molecule has 0 spiro atoms. The minimum atomic E-state index is 0.374. The highest BCUT2D eigenvalue weighted by atomic mass is 15.2. The van der Waals surface area contributed by atoms with Gasteiger partial charge in [-0.2, -0.15) is 0 Å². The van der Waals surface area contributed by atoms with Gasteiger partial charge in [-0.1, -0.05) is 49.6 Å². The van der Waals surface area contributed by atoms with E-state index in [0.717, 1.165) is 6.42 Å². The summed E-state index contributed by atoms with van der Waals surface area (Å²) in [5, 5.41) is 0. The highest BCUT2D eigenvalue weighted by molar-refractivity contribution is 5.23. The van der Waals surface area contributed by atoms with E-state index in [0.29, 0.717) is 11.5 Å². The Bertz CT molecular complexity index is 367. The lowest BCUT2D eigenvalue weighted by Gasteiger charge is -2.33. The van der Waals surface area contributed by atoms with E-state index in [4.69, 9.17) is 5.84 Å². The van der Waals surface area contributed by atoms with Crippen molar-refractivity contribution in [3.8, 4) is 0 Å². The molecule has 1 unspecified atom stereocenters. The van der Waals surface area contributed by atoms with Crippen molar-refractivity contribution in [1.29, 1.82) is 0 Å². The summed E-state index contributed by atoms with van der Waals surface area (Å²) >= 11 is 0. The van der Waals surface area contributed by atoms with Crippen molar-refractivity contribution in [1.82, 2.24) is 5.43 Å². The predicted molar refractivity (Wildman–Crippen MR) is 72.6 cm³/mol. The molecule has 3 N–H and O–H groups in total. The van der Waals surface area contributed by atoms with Crippen LogP contribution in [0.4, 0.5) is 0 Å². The zero-order chi connectivity index (χ0) is 12.3. The second-order valence-electron chi connectivity index (χ2n) is 5.77. The summed E-state index contributed by atoms with van der Waals surface area (Å²) in [6, 6.07) is 9.14. The minimum Gasteiger partial charge on any atom is -0.271 e. The van der Waals surface area contributed by atoms with Gasteiger partial charge in [-0.05, 0) is 37.2 Å². The maximum Gasteiger partial charge on any atom is 0.0304 e. The first-order valence-corrected chi connectivity index (χ1v) is 6.66. The lowest BCUT2D eigenvalue weighted by molar-refractivity contribution is 0.221. The molecule has 2 rings (SSSR count). The van der Waals surface area contributed by atoms with Crippen LogP contribution in [0.15, 0.2) is 24.3 Å². The molecule has 94 valence electrons. The standard InChI is InChI=1S/C15H24N2/c1-12-6-5-7-13(10-12)11-14(17-16)15(2)8-3-4-9-15/h5-7,10,14,17H,3-4,8-9,11,16H2,1-2H3. The molecular formula is C15H24N2. The van der Waals surface area contributed by atoms with Crippen molar-refractivity contribution in [2.45, 2.75) is 52.0 Å². The Balaban J connectivity index is 2.09. The fourth-order valence-electron chi connectivity index (χ4n) is 3.11. The molecule has 2 heteroatoms. The highest BCUT2D eigenvalue weighted by Gasteiger charge is 2.36. The van der Waals surface area contributed by atoms with Gasteiger partial charge in [-0.15, -0.1) is 0 Å². The molecular weight excluding hydrogens is 208 g/mol. The molecule has 0 aromatic heterocycles. The Hall–Kier alpha value is -0.860. The number of aryl methyl sites for hydroxylation is 1. The van der Waals surface area contributed by atoms with Gasteiger partial charge in [-0.3, -0.25) is 11.3 Å². The average molecular weight is 232 g/mol. The normalized spacial score (nSPS) is 20.4. The van der Waals surface area contributed by atoms with Crippen molar-refractivity contribution >= 4 is 0 Å². The molecule has 0 bridgehead atoms. The van der Waals surface area contributed by atoms with Crippen LogP contribution in [0.25, 0.3) is 0 Å². The van der Waals surface area contributed by atoms with Crippen LogP contribution in [0.5, 0.6) is 0 Å². The van der Waals surface area contributed by atoms with Crippen LogP contribution in [0, 0.1) is 12.3 Å². The third-order valence-electron chi connectivity index (χ3n) is 4.31. The number of rotatable bonds is 4. The first-order chi connectivity index (χ1) is 8.14. The lowest BCUT2D eigenvalue weighted by Crippen LogP contribution is -2.47. The van der Waals surface area contributed by atoms with Gasteiger partial charge in [0, 0.05) is 6.04 Å². The number of benzene rings is 1. The number of nitrogens with one attached hydrogen (secondary N) is 1. The molecule has 1 saturated carbocycles. The summed E-state index contributed by atoms with van der Waals surface area (Å²) in [5.74, 6) is 5.77. The van der Waals surface area contributed by atoms with Gasteiger partial charge in [0.25, 0.3) is 0 Å². The van der Waals surface area contributed by atoms with Gasteiger partial charge in [0.2, 0.25) is 0 Å². The minimum absolute atomic E-state index is 0.374. The fraction of sp³-hybridized carbons (Fsp3) is 0.600. The molecule has 2 nitrogen and oxygen atoms in total. The van der Waals surface area contributed by atoms with Gasteiger partial charge in [-0.25, -0.2) is 0 Å². The molecule has 1 atom stereocenters. The molecule has 1 fully saturated rings. The van der Waals surface area contributed by atoms with Crippen LogP contribution in [0.2, 0.25) is 0 Å². The smallest absolute Gasteiger partial charge is 0.0304 e. The molecule has 0 amide bonds. The quantitative estimate of drug-likeness (QED) is 0.619. The van der Waals surface area contributed by atoms with Crippen LogP contribution in [0.1, 0.15) is 43.7 Å². The average Bonchev–Trinajstić information content (AvgIpc) is 2.74. The summed E-state index contributed by atoms with van der Waals surface area (Å²) in [4.78, 5) is 0. The van der Waals surface area contributed by atoms with Crippen molar-refractivity contribution in [3.63, 3.8) is 0 Å². The van der Waals surface area contributed by atoms with Gasteiger partial charge >= 0.3 is 0 Å². The first kappa shape index (κ1) is 12.6. The van der Waals surface area contributed by atoms with Crippen molar-refractivity contribution < 1.29 is 0 Å². The molecule has 1 aliphatic carbocycles. The Morgan fingerprint density at radius 3 is 2.65 bits per heavy atom. The Kier molecular flexibility index (Phi) is 3.85. The number of hydrogen-bond acceptors (Lipinski definition) is 2. The Labute approximate surface area is 105 Å². The molecule has 1 aromatic carbocycles. The maximum atomic E-state index is 5.77. The predicted octanol–water partition coefficient (Wildman–Crippen LogP) is 2.95. The second kappa shape index (κ2) is 5.19. The molecule has 17 heavy (non-hydrogen) atoms. The molecule has 1 aromatic rings. The van der Waals surface area contributed by atoms with Gasteiger partial charge < -0.3 is 0 Å². The maximum absolute atomic E-state index is 5.77. The molecule has 0 saturated heterocycles.